The van der Waals surface area contributed by atoms with Gasteiger partial charge in [-0.25, -0.2) is 15.0 Å². The molecule has 3 aromatic heterocycles. The van der Waals surface area contributed by atoms with E-state index in [0.717, 1.165) is 28.3 Å². The topological polar surface area (TPSA) is 54.5 Å². The molecule has 3 aromatic rings. The Morgan fingerprint density at radius 2 is 2.31 bits per heavy atom. The quantitative estimate of drug-likeness (QED) is 0.736. The van der Waals surface area contributed by atoms with Crippen LogP contribution < -0.4 is 0 Å². The molecule has 0 saturated carbocycles. The van der Waals surface area contributed by atoms with Gasteiger partial charge in [0, 0.05) is 4.88 Å². The summed E-state index contributed by atoms with van der Waals surface area (Å²) in [5.74, 6) is 0.875. The first-order valence-corrected chi connectivity index (χ1v) is 5.93. The summed E-state index contributed by atoms with van der Waals surface area (Å²) in [4.78, 5) is 18.2. The number of aryl methyl sites for hydroxylation is 1. The van der Waals surface area contributed by atoms with E-state index in [9.17, 15) is 0 Å². The van der Waals surface area contributed by atoms with Gasteiger partial charge in [0.25, 0.3) is 0 Å². The molecule has 0 atom stereocenters. The molecule has 0 fully saturated rings. The Kier molecular flexibility index (Phi) is 2.18. The third-order valence-electron chi connectivity index (χ3n) is 2.41. The molecule has 0 aliphatic carbocycles. The average Bonchev–Trinajstić information content (AvgIpc) is 2.95. The van der Waals surface area contributed by atoms with Crippen LogP contribution in [0.5, 0.6) is 0 Å². The van der Waals surface area contributed by atoms with E-state index in [4.69, 9.17) is 0 Å². The van der Waals surface area contributed by atoms with Crippen LogP contribution in [0.4, 0.5) is 0 Å². The molecule has 5 heteroatoms. The number of nitrogens with one attached hydrogen (secondary N) is 1. The van der Waals surface area contributed by atoms with Crippen molar-refractivity contribution in [1.82, 2.24) is 19.9 Å². The number of hydrogen-bond donors (Lipinski definition) is 1. The Hall–Kier alpha value is -1.75. The molecule has 1 N–H and O–H groups in total. The van der Waals surface area contributed by atoms with Crippen molar-refractivity contribution in [2.24, 2.45) is 0 Å². The van der Waals surface area contributed by atoms with Gasteiger partial charge in [-0.3, -0.25) is 0 Å². The monoisotopic (exact) mass is 230 g/mol. The Morgan fingerprint density at radius 1 is 1.38 bits per heavy atom. The Labute approximate surface area is 96.4 Å². The molecule has 0 aliphatic rings. The molecule has 0 spiro atoms. The van der Waals surface area contributed by atoms with E-state index < -0.39 is 0 Å². The largest absolute Gasteiger partial charge is 0.335 e. The molecule has 4 nitrogen and oxygen atoms in total. The lowest BCUT2D eigenvalue weighted by Gasteiger charge is -1.87. The highest BCUT2D eigenvalue weighted by atomic mass is 32.1. The standard InChI is InChI=1S/C11H10N4S/c1-2-7-3-4-9(16-7)11-14-8-5-12-6-13-10(8)15-11/h3-6H,2H2,1H3,(H,12,13,14,15). The summed E-state index contributed by atoms with van der Waals surface area (Å²) in [5.41, 5.74) is 1.60. The molecule has 0 saturated heterocycles. The van der Waals surface area contributed by atoms with Gasteiger partial charge in [-0.2, -0.15) is 0 Å². The lowest BCUT2D eigenvalue weighted by Crippen LogP contribution is -1.76. The summed E-state index contributed by atoms with van der Waals surface area (Å²) in [5, 5.41) is 0. The van der Waals surface area contributed by atoms with Crippen LogP contribution in [0.15, 0.2) is 24.7 Å². The minimum atomic E-state index is 0.719. The number of aromatic amines is 1. The number of nitrogens with zero attached hydrogens (tertiary/aromatic N) is 3. The van der Waals surface area contributed by atoms with E-state index in [0.29, 0.717) is 0 Å². The van der Waals surface area contributed by atoms with Gasteiger partial charge < -0.3 is 4.98 Å². The minimum absolute atomic E-state index is 0.719. The van der Waals surface area contributed by atoms with Crippen LogP contribution in [0.3, 0.4) is 0 Å². The fraction of sp³-hybridized carbons (Fsp3) is 0.182. The highest BCUT2D eigenvalue weighted by Gasteiger charge is 2.07. The average molecular weight is 230 g/mol. The summed E-state index contributed by atoms with van der Waals surface area (Å²) < 4.78 is 0. The first kappa shape index (κ1) is 9.47. The molecule has 0 unspecified atom stereocenters. The van der Waals surface area contributed by atoms with Crippen LogP contribution in [0.1, 0.15) is 11.8 Å². The summed E-state index contributed by atoms with van der Waals surface area (Å²) in [6.45, 7) is 2.15. The van der Waals surface area contributed by atoms with Crippen molar-refractivity contribution in [2.75, 3.05) is 0 Å². The second kappa shape index (κ2) is 3.68. The number of hydrogen-bond acceptors (Lipinski definition) is 4. The number of H-pyrrole nitrogens is 1. The Morgan fingerprint density at radius 3 is 3.06 bits per heavy atom. The summed E-state index contributed by atoms with van der Waals surface area (Å²) in [7, 11) is 0. The van der Waals surface area contributed by atoms with Crippen LogP contribution in [-0.2, 0) is 6.42 Å². The van der Waals surface area contributed by atoms with Gasteiger partial charge in [0.1, 0.15) is 11.8 Å². The lowest BCUT2D eigenvalue weighted by atomic mass is 10.3. The first-order chi connectivity index (χ1) is 7.86. The van der Waals surface area contributed by atoms with Crippen LogP contribution in [0.2, 0.25) is 0 Å². The van der Waals surface area contributed by atoms with E-state index in [1.165, 1.54) is 11.2 Å². The molecule has 0 bridgehead atoms. The second-order valence-electron chi connectivity index (χ2n) is 3.46. The van der Waals surface area contributed by atoms with Gasteiger partial charge in [-0.15, -0.1) is 11.3 Å². The van der Waals surface area contributed by atoms with Crippen molar-refractivity contribution in [3.8, 4) is 10.7 Å². The predicted octanol–water partition coefficient (Wildman–Crippen LogP) is 2.64. The lowest BCUT2D eigenvalue weighted by molar-refractivity contribution is 1.19. The SMILES string of the molecule is CCc1ccc(-c2nc3ncncc3[nH]2)s1. The molecule has 3 rings (SSSR count). The highest BCUT2D eigenvalue weighted by molar-refractivity contribution is 7.15. The maximum absolute atomic E-state index is 4.43. The molecule has 3 heterocycles. The van der Waals surface area contributed by atoms with Crippen molar-refractivity contribution in [1.29, 1.82) is 0 Å². The molecule has 0 aliphatic heterocycles. The third kappa shape index (κ3) is 1.49. The zero-order valence-electron chi connectivity index (χ0n) is 8.77. The van der Waals surface area contributed by atoms with Gasteiger partial charge in [-0.1, -0.05) is 6.92 Å². The maximum Gasteiger partial charge on any atom is 0.181 e. The molecule has 0 radical (unpaired) electrons. The molecular formula is C11H10N4S. The summed E-state index contributed by atoms with van der Waals surface area (Å²) in [6, 6.07) is 4.23. The molecule has 0 amide bonds. The van der Waals surface area contributed by atoms with Crippen molar-refractivity contribution >= 4 is 22.5 Å². The van der Waals surface area contributed by atoms with E-state index in [2.05, 4.69) is 39.0 Å². The number of rotatable bonds is 2. The zero-order valence-corrected chi connectivity index (χ0v) is 9.58. The van der Waals surface area contributed by atoms with Gasteiger partial charge in [-0.05, 0) is 18.6 Å². The normalized spacial score (nSPS) is 11.1. The van der Waals surface area contributed by atoms with Crippen molar-refractivity contribution in [3.63, 3.8) is 0 Å². The highest BCUT2D eigenvalue weighted by Crippen LogP contribution is 2.27. The molecular weight excluding hydrogens is 220 g/mol. The molecule has 80 valence electrons. The number of thiophene rings is 1. The zero-order chi connectivity index (χ0) is 11.0. The summed E-state index contributed by atoms with van der Waals surface area (Å²) >= 11 is 1.76. The summed E-state index contributed by atoms with van der Waals surface area (Å²) in [6.07, 6.45) is 4.32. The predicted molar refractivity (Wildman–Crippen MR) is 64.4 cm³/mol. The third-order valence-corrected chi connectivity index (χ3v) is 3.64. The molecule has 16 heavy (non-hydrogen) atoms. The van der Waals surface area contributed by atoms with E-state index >= 15 is 0 Å². The van der Waals surface area contributed by atoms with Crippen LogP contribution in [0.25, 0.3) is 21.9 Å². The van der Waals surface area contributed by atoms with Crippen LogP contribution >= 0.6 is 11.3 Å². The fourth-order valence-corrected chi connectivity index (χ4v) is 2.47. The van der Waals surface area contributed by atoms with Crippen LogP contribution in [-0.4, -0.2) is 19.9 Å². The van der Waals surface area contributed by atoms with E-state index in [1.807, 2.05) is 0 Å². The van der Waals surface area contributed by atoms with Crippen molar-refractivity contribution in [3.05, 3.63) is 29.5 Å². The Bertz CT molecular complexity index is 592. The van der Waals surface area contributed by atoms with Gasteiger partial charge in [0.15, 0.2) is 11.5 Å². The smallest absolute Gasteiger partial charge is 0.181 e. The Balaban J connectivity index is 2.11. The minimum Gasteiger partial charge on any atom is -0.335 e. The van der Waals surface area contributed by atoms with E-state index in [-0.39, 0.29) is 0 Å². The second-order valence-corrected chi connectivity index (χ2v) is 4.63. The fourth-order valence-electron chi connectivity index (χ4n) is 1.57. The maximum atomic E-state index is 4.43. The number of fused-ring (bicyclic) bond motifs is 1. The number of aromatic nitrogens is 4. The van der Waals surface area contributed by atoms with Gasteiger partial charge >= 0.3 is 0 Å². The van der Waals surface area contributed by atoms with Gasteiger partial charge in [0.05, 0.1) is 11.1 Å². The van der Waals surface area contributed by atoms with Crippen LogP contribution in [0, 0.1) is 0 Å². The van der Waals surface area contributed by atoms with Crippen molar-refractivity contribution in [2.45, 2.75) is 13.3 Å². The van der Waals surface area contributed by atoms with Gasteiger partial charge in [0.2, 0.25) is 0 Å². The van der Waals surface area contributed by atoms with E-state index in [1.54, 1.807) is 17.5 Å². The number of imidazole rings is 1. The first-order valence-electron chi connectivity index (χ1n) is 5.11. The molecule has 0 aromatic carbocycles. The van der Waals surface area contributed by atoms with Crippen molar-refractivity contribution < 1.29 is 0 Å².